The van der Waals surface area contributed by atoms with Crippen molar-refractivity contribution < 1.29 is 22.7 Å². The molecular weight excluding hydrogens is 472 g/mol. The standard InChI is InChI=1S/C25H28N2O5S2/c1-5-7-15-32-21-13-10-19(16-22(21)31-4)17-23-24(28)27(14-6-2)25(33-23)26-34(29,30)20-11-8-18(3)9-12-20/h6,8-13,16-17H,2,5,7,14-15H2,1,3-4H3. The van der Waals surface area contributed by atoms with Crippen LogP contribution in [0.25, 0.3) is 6.08 Å². The van der Waals surface area contributed by atoms with Gasteiger partial charge in [0.05, 0.1) is 23.5 Å². The largest absolute Gasteiger partial charge is 0.493 e. The minimum Gasteiger partial charge on any atom is -0.493 e. The first-order chi connectivity index (χ1) is 16.3. The van der Waals surface area contributed by atoms with Gasteiger partial charge in [-0.15, -0.1) is 11.0 Å². The van der Waals surface area contributed by atoms with Crippen molar-refractivity contribution in [2.24, 2.45) is 4.40 Å². The van der Waals surface area contributed by atoms with Gasteiger partial charge in [-0.1, -0.05) is 43.2 Å². The number of amidine groups is 1. The molecule has 1 fully saturated rings. The Morgan fingerprint density at radius 1 is 1.15 bits per heavy atom. The maximum atomic E-state index is 13.0. The maximum Gasteiger partial charge on any atom is 0.284 e. The first-order valence-electron chi connectivity index (χ1n) is 10.8. The summed E-state index contributed by atoms with van der Waals surface area (Å²) in [5, 5.41) is 0.0863. The fourth-order valence-electron chi connectivity index (χ4n) is 3.10. The molecule has 0 aliphatic carbocycles. The number of nitrogens with zero attached hydrogens (tertiary/aromatic N) is 2. The number of carbonyl (C=O) groups excluding carboxylic acids is 1. The third-order valence-corrected chi connectivity index (χ3v) is 7.36. The van der Waals surface area contributed by atoms with E-state index in [0.717, 1.165) is 35.7 Å². The number of amides is 1. The van der Waals surface area contributed by atoms with Crippen LogP contribution in [0.5, 0.6) is 11.5 Å². The fourth-order valence-corrected chi connectivity index (χ4v) is 5.29. The number of ether oxygens (including phenoxy) is 2. The Morgan fingerprint density at radius 2 is 1.88 bits per heavy atom. The molecule has 7 nitrogen and oxygen atoms in total. The van der Waals surface area contributed by atoms with E-state index >= 15 is 0 Å². The van der Waals surface area contributed by atoms with Gasteiger partial charge in [0.15, 0.2) is 16.7 Å². The highest BCUT2D eigenvalue weighted by Crippen LogP contribution is 2.35. The number of sulfonamides is 1. The van der Waals surface area contributed by atoms with E-state index in [0.29, 0.717) is 23.0 Å². The second-order valence-electron chi connectivity index (χ2n) is 7.59. The topological polar surface area (TPSA) is 85.3 Å². The monoisotopic (exact) mass is 500 g/mol. The fraction of sp³-hybridized carbons (Fsp3) is 0.280. The molecule has 2 aromatic carbocycles. The zero-order valence-electron chi connectivity index (χ0n) is 19.5. The Labute approximate surface area is 205 Å². The second kappa shape index (κ2) is 11.4. The highest BCUT2D eigenvalue weighted by Gasteiger charge is 2.34. The van der Waals surface area contributed by atoms with E-state index in [2.05, 4.69) is 17.9 Å². The first-order valence-corrected chi connectivity index (χ1v) is 13.1. The molecule has 1 saturated heterocycles. The molecule has 180 valence electrons. The van der Waals surface area contributed by atoms with Gasteiger partial charge >= 0.3 is 0 Å². The van der Waals surface area contributed by atoms with Gasteiger partial charge in [-0.25, -0.2) is 0 Å². The van der Waals surface area contributed by atoms with E-state index in [1.807, 2.05) is 13.0 Å². The van der Waals surface area contributed by atoms with Crippen molar-refractivity contribution in [3.63, 3.8) is 0 Å². The molecule has 0 aromatic heterocycles. The van der Waals surface area contributed by atoms with Crippen LogP contribution in [-0.4, -0.2) is 44.7 Å². The van der Waals surface area contributed by atoms with Crippen molar-refractivity contribution in [2.45, 2.75) is 31.6 Å². The van der Waals surface area contributed by atoms with Gasteiger partial charge in [0.1, 0.15) is 0 Å². The van der Waals surface area contributed by atoms with Crippen LogP contribution in [0.4, 0.5) is 0 Å². The molecule has 3 rings (SSSR count). The van der Waals surface area contributed by atoms with Gasteiger partial charge < -0.3 is 9.47 Å². The predicted molar refractivity (Wildman–Crippen MR) is 137 cm³/mol. The van der Waals surface area contributed by atoms with E-state index in [9.17, 15) is 13.2 Å². The van der Waals surface area contributed by atoms with Gasteiger partial charge in [0.2, 0.25) is 0 Å². The summed E-state index contributed by atoms with van der Waals surface area (Å²) in [5.74, 6) is 0.841. The molecule has 2 aromatic rings. The molecule has 0 atom stereocenters. The summed E-state index contributed by atoms with van der Waals surface area (Å²) in [6.45, 7) is 8.36. The molecule has 34 heavy (non-hydrogen) atoms. The molecule has 0 unspecified atom stereocenters. The molecule has 1 heterocycles. The predicted octanol–water partition coefficient (Wildman–Crippen LogP) is 5.03. The smallest absolute Gasteiger partial charge is 0.284 e. The number of thioether (sulfide) groups is 1. The van der Waals surface area contributed by atoms with E-state index < -0.39 is 10.0 Å². The van der Waals surface area contributed by atoms with Gasteiger partial charge in [-0.05, 0) is 61.0 Å². The summed E-state index contributed by atoms with van der Waals surface area (Å²) in [7, 11) is -2.43. The quantitative estimate of drug-likeness (QED) is 0.258. The summed E-state index contributed by atoms with van der Waals surface area (Å²) in [4.78, 5) is 14.7. The van der Waals surface area contributed by atoms with Gasteiger partial charge in [-0.2, -0.15) is 8.42 Å². The number of carbonyl (C=O) groups is 1. The van der Waals surface area contributed by atoms with Crippen LogP contribution >= 0.6 is 11.8 Å². The molecule has 9 heteroatoms. The Morgan fingerprint density at radius 3 is 2.53 bits per heavy atom. The van der Waals surface area contributed by atoms with Crippen LogP contribution < -0.4 is 9.47 Å². The number of hydrogen-bond donors (Lipinski definition) is 0. The lowest BCUT2D eigenvalue weighted by Gasteiger charge is -2.12. The summed E-state index contributed by atoms with van der Waals surface area (Å²) in [5.41, 5.74) is 1.66. The highest BCUT2D eigenvalue weighted by molar-refractivity contribution is 8.19. The summed E-state index contributed by atoms with van der Waals surface area (Å²) in [6.07, 6.45) is 5.17. The van der Waals surface area contributed by atoms with Crippen molar-refractivity contribution in [3.05, 3.63) is 71.2 Å². The van der Waals surface area contributed by atoms with Crippen LogP contribution in [0.2, 0.25) is 0 Å². The average molecular weight is 501 g/mol. The lowest BCUT2D eigenvalue weighted by molar-refractivity contribution is -0.121. The number of benzene rings is 2. The molecular formula is C25H28N2O5S2. The molecule has 0 N–H and O–H groups in total. The number of rotatable bonds is 10. The van der Waals surface area contributed by atoms with Crippen molar-refractivity contribution in [2.75, 3.05) is 20.3 Å². The third kappa shape index (κ3) is 6.09. The Bertz CT molecular complexity index is 1220. The molecule has 1 aliphatic rings. The number of hydrogen-bond acceptors (Lipinski definition) is 6. The summed E-state index contributed by atoms with van der Waals surface area (Å²) < 4.78 is 40.8. The number of unbranched alkanes of at least 4 members (excludes halogenated alkanes) is 1. The zero-order valence-corrected chi connectivity index (χ0v) is 21.1. The molecule has 1 aliphatic heterocycles. The van der Waals surface area contributed by atoms with Gasteiger partial charge in [0.25, 0.3) is 15.9 Å². The van der Waals surface area contributed by atoms with Crippen LogP contribution in [0.15, 0.2) is 69.3 Å². The molecule has 1 amide bonds. The Kier molecular flexibility index (Phi) is 8.57. The molecule has 0 spiro atoms. The highest BCUT2D eigenvalue weighted by atomic mass is 32.2. The van der Waals surface area contributed by atoms with E-state index in [1.54, 1.807) is 37.5 Å². The van der Waals surface area contributed by atoms with Crippen LogP contribution in [0.3, 0.4) is 0 Å². The Balaban J connectivity index is 1.92. The van der Waals surface area contributed by atoms with E-state index in [4.69, 9.17) is 9.47 Å². The van der Waals surface area contributed by atoms with Crippen molar-refractivity contribution in [1.82, 2.24) is 4.90 Å². The number of aryl methyl sites for hydroxylation is 1. The zero-order chi connectivity index (χ0) is 24.7. The molecule has 0 saturated carbocycles. The number of methoxy groups -OCH3 is 1. The second-order valence-corrected chi connectivity index (χ2v) is 10.2. The molecule has 0 bridgehead atoms. The first kappa shape index (κ1) is 25.6. The maximum absolute atomic E-state index is 13.0. The van der Waals surface area contributed by atoms with E-state index in [1.165, 1.54) is 23.1 Å². The average Bonchev–Trinajstić information content (AvgIpc) is 3.08. The summed E-state index contributed by atoms with van der Waals surface area (Å²) >= 11 is 1.01. The van der Waals surface area contributed by atoms with Crippen LogP contribution in [-0.2, 0) is 14.8 Å². The van der Waals surface area contributed by atoms with Crippen molar-refractivity contribution in [3.8, 4) is 11.5 Å². The van der Waals surface area contributed by atoms with Gasteiger partial charge in [0, 0.05) is 6.54 Å². The van der Waals surface area contributed by atoms with Crippen molar-refractivity contribution in [1.29, 1.82) is 0 Å². The SMILES string of the molecule is C=CCN1C(=O)C(=Cc2ccc(OCCCC)c(OC)c2)SC1=NS(=O)(=O)c1ccc(C)cc1. The molecule has 0 radical (unpaired) electrons. The Hall–Kier alpha value is -3.04. The normalized spacial score (nSPS) is 16.3. The van der Waals surface area contributed by atoms with E-state index in [-0.39, 0.29) is 22.5 Å². The summed E-state index contributed by atoms with van der Waals surface area (Å²) in [6, 6.07) is 11.8. The minimum absolute atomic E-state index is 0.0676. The van der Waals surface area contributed by atoms with Crippen molar-refractivity contribution >= 4 is 38.9 Å². The minimum atomic E-state index is -3.98. The van der Waals surface area contributed by atoms with Crippen LogP contribution in [0, 0.1) is 6.92 Å². The third-order valence-electron chi connectivity index (χ3n) is 4.96. The lowest BCUT2D eigenvalue weighted by Crippen LogP contribution is -2.29. The van der Waals surface area contributed by atoms with Crippen LogP contribution in [0.1, 0.15) is 30.9 Å². The lowest BCUT2D eigenvalue weighted by atomic mass is 10.2. The van der Waals surface area contributed by atoms with Gasteiger partial charge in [-0.3, -0.25) is 9.69 Å².